The van der Waals surface area contributed by atoms with Crippen molar-refractivity contribution in [2.24, 2.45) is 0 Å². The lowest BCUT2D eigenvalue weighted by Gasteiger charge is -2.07. The molecule has 0 bridgehead atoms. The molecule has 0 aliphatic carbocycles. The smallest absolute Gasteiger partial charge is 0.362 e. The van der Waals surface area contributed by atoms with Crippen LogP contribution in [-0.2, 0) is 9.53 Å². The van der Waals surface area contributed by atoms with E-state index < -0.39 is 6.04 Å². The average Bonchev–Trinajstić information content (AvgIpc) is 3.14. The van der Waals surface area contributed by atoms with E-state index in [-0.39, 0.29) is 11.7 Å². The molecular formula is C12H12N4O3. The number of hydrogen-bond acceptors (Lipinski definition) is 5. The molecule has 1 N–H and O–H groups in total. The van der Waals surface area contributed by atoms with Gasteiger partial charge in [-0.3, -0.25) is 5.01 Å². The van der Waals surface area contributed by atoms with E-state index in [9.17, 15) is 9.59 Å². The van der Waals surface area contributed by atoms with Gasteiger partial charge in [-0.2, -0.15) is 9.77 Å². The van der Waals surface area contributed by atoms with Crippen molar-refractivity contribution in [1.29, 1.82) is 0 Å². The number of nitrogens with zero attached hydrogens (tertiary/aromatic N) is 3. The summed E-state index contributed by atoms with van der Waals surface area (Å²) in [4.78, 5) is 23.2. The van der Waals surface area contributed by atoms with E-state index in [2.05, 4.69) is 14.9 Å². The normalized spacial score (nSPS) is 17.3. The Morgan fingerprint density at radius 3 is 2.84 bits per heavy atom. The molecule has 7 heteroatoms. The van der Waals surface area contributed by atoms with Crippen LogP contribution in [-0.4, -0.2) is 40.5 Å². The molecule has 1 saturated heterocycles. The molecule has 2 heterocycles. The van der Waals surface area contributed by atoms with Crippen LogP contribution in [0.25, 0.3) is 11.4 Å². The maximum absolute atomic E-state index is 11.8. The van der Waals surface area contributed by atoms with Crippen molar-refractivity contribution in [3.8, 4) is 11.4 Å². The third-order valence-electron chi connectivity index (χ3n) is 3.00. The van der Waals surface area contributed by atoms with Gasteiger partial charge in [0, 0.05) is 5.56 Å². The van der Waals surface area contributed by atoms with Gasteiger partial charge in [-0.05, 0) is 0 Å². The summed E-state index contributed by atoms with van der Waals surface area (Å²) >= 11 is 0. The summed E-state index contributed by atoms with van der Waals surface area (Å²) < 4.78 is 6.03. The first-order valence-electron chi connectivity index (χ1n) is 5.80. The molecule has 1 aliphatic rings. The van der Waals surface area contributed by atoms with Crippen molar-refractivity contribution in [3.63, 3.8) is 0 Å². The monoisotopic (exact) mass is 260 g/mol. The highest BCUT2D eigenvalue weighted by Gasteiger charge is 2.44. The summed E-state index contributed by atoms with van der Waals surface area (Å²) in [7, 11) is 1.33. The van der Waals surface area contributed by atoms with E-state index >= 15 is 0 Å². The predicted molar refractivity (Wildman–Crippen MR) is 67.2 cm³/mol. The fraction of sp³-hybridized carbons (Fsp3) is 0.250. The Morgan fingerprint density at radius 1 is 1.42 bits per heavy atom. The third kappa shape index (κ3) is 1.88. The van der Waals surface area contributed by atoms with Gasteiger partial charge in [0.2, 0.25) is 0 Å². The maximum atomic E-state index is 11.8. The van der Waals surface area contributed by atoms with Gasteiger partial charge in [0.05, 0.1) is 13.7 Å². The van der Waals surface area contributed by atoms with Crippen LogP contribution < -0.4 is 10.7 Å². The van der Waals surface area contributed by atoms with E-state index in [4.69, 9.17) is 0 Å². The topological polar surface area (TPSA) is 80.0 Å². The Morgan fingerprint density at radius 2 is 2.16 bits per heavy atom. The molecule has 0 saturated carbocycles. The van der Waals surface area contributed by atoms with Gasteiger partial charge >= 0.3 is 11.7 Å². The highest BCUT2D eigenvalue weighted by Crippen LogP contribution is 2.21. The van der Waals surface area contributed by atoms with Crippen LogP contribution in [0.2, 0.25) is 0 Å². The number of carbonyl (C=O) groups excluding carboxylic acids is 1. The van der Waals surface area contributed by atoms with Gasteiger partial charge in [-0.25, -0.2) is 14.7 Å². The summed E-state index contributed by atoms with van der Waals surface area (Å²) in [5, 5.41) is 8.01. The molecule has 7 nitrogen and oxygen atoms in total. The fourth-order valence-electron chi connectivity index (χ4n) is 1.99. The number of methoxy groups -OCH3 is 1. The van der Waals surface area contributed by atoms with Gasteiger partial charge in [0.15, 0.2) is 11.9 Å². The number of nitrogens with one attached hydrogen (secondary N) is 1. The second kappa shape index (κ2) is 4.27. The van der Waals surface area contributed by atoms with Crippen molar-refractivity contribution in [3.05, 3.63) is 40.8 Å². The number of ether oxygens (including phenoxy) is 1. The van der Waals surface area contributed by atoms with Crippen molar-refractivity contribution in [1.82, 2.24) is 14.9 Å². The standard InChI is InChI=1S/C12H12N4O3/c1-19-11(17)9-7-15(9)16-10(13-14-12(16)18)8-5-3-2-4-6-8/h2-6,9H,7H2,1H3,(H,14,18). The van der Waals surface area contributed by atoms with Gasteiger partial charge in [-0.15, -0.1) is 0 Å². The lowest BCUT2D eigenvalue weighted by atomic mass is 10.2. The number of H-pyrrole nitrogens is 1. The molecule has 1 fully saturated rings. The molecule has 3 rings (SSSR count). The van der Waals surface area contributed by atoms with Gasteiger partial charge in [0.1, 0.15) is 0 Å². The number of benzene rings is 1. The molecule has 1 atom stereocenters. The first-order valence-corrected chi connectivity index (χ1v) is 5.80. The SMILES string of the molecule is COC(=O)C1CN1n1c(-c2ccccc2)n[nH]c1=O. The van der Waals surface area contributed by atoms with E-state index in [1.54, 1.807) is 5.01 Å². The van der Waals surface area contributed by atoms with Crippen molar-refractivity contribution < 1.29 is 9.53 Å². The summed E-state index contributed by atoms with van der Waals surface area (Å²) in [5.41, 5.74) is 0.432. The zero-order chi connectivity index (χ0) is 13.4. The highest BCUT2D eigenvalue weighted by molar-refractivity contribution is 5.82. The zero-order valence-electron chi connectivity index (χ0n) is 10.2. The number of rotatable bonds is 3. The number of aromatic amines is 1. The fourth-order valence-corrected chi connectivity index (χ4v) is 1.99. The summed E-state index contributed by atoms with van der Waals surface area (Å²) in [5.74, 6) is 0.129. The molecule has 19 heavy (non-hydrogen) atoms. The van der Waals surface area contributed by atoms with Crippen molar-refractivity contribution in [2.75, 3.05) is 18.7 Å². The Hall–Kier alpha value is -2.57. The summed E-state index contributed by atoms with van der Waals surface area (Å²) in [6, 6.07) is 8.89. The van der Waals surface area contributed by atoms with Crippen LogP contribution in [0.5, 0.6) is 0 Å². The molecule has 0 radical (unpaired) electrons. The van der Waals surface area contributed by atoms with Crippen LogP contribution in [0, 0.1) is 0 Å². The molecule has 0 spiro atoms. The Kier molecular flexibility index (Phi) is 2.59. The minimum absolute atomic E-state index is 0.355. The van der Waals surface area contributed by atoms with Crippen LogP contribution in [0.4, 0.5) is 0 Å². The minimum Gasteiger partial charge on any atom is -0.467 e. The van der Waals surface area contributed by atoms with Crippen LogP contribution >= 0.6 is 0 Å². The molecule has 1 aliphatic heterocycles. The Labute approximate surface area is 108 Å². The zero-order valence-corrected chi connectivity index (χ0v) is 10.2. The van der Waals surface area contributed by atoms with E-state index in [0.717, 1.165) is 5.56 Å². The predicted octanol–water partition coefficient (Wildman–Crippen LogP) is -0.268. The molecule has 98 valence electrons. The molecule has 1 aromatic carbocycles. The first-order chi connectivity index (χ1) is 9.22. The Bertz CT molecular complexity index is 661. The lowest BCUT2D eigenvalue weighted by molar-refractivity contribution is -0.139. The number of esters is 1. The first kappa shape index (κ1) is 11.5. The number of aromatic nitrogens is 3. The average molecular weight is 260 g/mol. The quantitative estimate of drug-likeness (QED) is 0.607. The number of hydrogen-bond donors (Lipinski definition) is 1. The Balaban J connectivity index is 1.98. The summed E-state index contributed by atoms with van der Waals surface area (Å²) in [6.45, 7) is 0.450. The van der Waals surface area contributed by atoms with E-state index in [1.807, 2.05) is 30.3 Å². The van der Waals surface area contributed by atoms with Crippen LogP contribution in [0.3, 0.4) is 0 Å². The molecule has 0 amide bonds. The minimum atomic E-state index is -0.414. The second-order valence-electron chi connectivity index (χ2n) is 4.19. The lowest BCUT2D eigenvalue weighted by Crippen LogP contribution is -2.30. The molecular weight excluding hydrogens is 248 g/mol. The van der Waals surface area contributed by atoms with Gasteiger partial charge < -0.3 is 4.74 Å². The molecule has 1 aromatic heterocycles. The van der Waals surface area contributed by atoms with Crippen LogP contribution in [0.1, 0.15) is 0 Å². The van der Waals surface area contributed by atoms with Gasteiger partial charge in [-0.1, -0.05) is 30.3 Å². The third-order valence-corrected chi connectivity index (χ3v) is 3.00. The van der Waals surface area contributed by atoms with Crippen molar-refractivity contribution in [2.45, 2.75) is 6.04 Å². The summed E-state index contributed by atoms with van der Waals surface area (Å²) in [6.07, 6.45) is 0. The molecule has 1 unspecified atom stereocenters. The second-order valence-corrected chi connectivity index (χ2v) is 4.19. The largest absolute Gasteiger partial charge is 0.467 e. The van der Waals surface area contributed by atoms with Crippen LogP contribution in [0.15, 0.2) is 35.1 Å². The highest BCUT2D eigenvalue weighted by atomic mass is 16.5. The number of carbonyl (C=O) groups is 1. The van der Waals surface area contributed by atoms with Gasteiger partial charge in [0.25, 0.3) is 0 Å². The van der Waals surface area contributed by atoms with Crippen molar-refractivity contribution >= 4 is 5.97 Å². The van der Waals surface area contributed by atoms with E-state index in [1.165, 1.54) is 11.8 Å². The molecule has 2 aromatic rings. The van der Waals surface area contributed by atoms with E-state index in [0.29, 0.717) is 12.4 Å². The maximum Gasteiger partial charge on any atom is 0.362 e.